The van der Waals surface area contributed by atoms with Crippen LogP contribution in [-0.2, 0) is 56.7 Å². The molecule has 2 heterocycles. The molecule has 2 aliphatic heterocycles. The zero-order valence-electron chi connectivity index (χ0n) is 27.8. The van der Waals surface area contributed by atoms with Crippen molar-refractivity contribution in [1.29, 1.82) is 0 Å². The third-order valence-electron chi connectivity index (χ3n) is 9.45. The zero-order chi connectivity index (χ0) is 33.1. The van der Waals surface area contributed by atoms with Crippen LogP contribution in [-0.4, -0.2) is 54.6 Å². The van der Waals surface area contributed by atoms with Crippen molar-refractivity contribution in [3.63, 3.8) is 0 Å². The lowest BCUT2D eigenvalue weighted by Gasteiger charge is -2.47. The second-order valence-corrected chi connectivity index (χ2v) is 12.9. The van der Waals surface area contributed by atoms with Crippen molar-refractivity contribution in [2.75, 3.05) is 13.1 Å². The third-order valence-corrected chi connectivity index (χ3v) is 9.45. The van der Waals surface area contributed by atoms with Crippen LogP contribution in [0.3, 0.4) is 0 Å². The Morgan fingerprint density at radius 1 is 0.347 bits per heavy atom. The van der Waals surface area contributed by atoms with Gasteiger partial charge in [0.15, 0.2) is 0 Å². The Hall–Kier alpha value is -4.14. The number of hydrogen-bond donors (Lipinski definition) is 0. The highest BCUT2D eigenvalue weighted by Gasteiger charge is 2.55. The fourth-order valence-electron chi connectivity index (χ4n) is 6.97. The molecule has 0 N–H and O–H groups in total. The van der Waals surface area contributed by atoms with Crippen LogP contribution in [0.4, 0.5) is 0 Å². The van der Waals surface area contributed by atoms with Gasteiger partial charge in [-0.3, -0.25) is 4.90 Å². The van der Waals surface area contributed by atoms with Crippen molar-refractivity contribution in [1.82, 2.24) is 4.90 Å². The lowest BCUT2D eigenvalue weighted by Crippen LogP contribution is -2.63. The minimum absolute atomic E-state index is 0.106. The predicted octanol–water partition coefficient (Wildman–Crippen LogP) is 7.61. The number of benzene rings is 5. The molecule has 0 spiro atoms. The smallest absolute Gasteiger partial charge is 0.113 e. The molecule has 2 aliphatic rings. The quantitative estimate of drug-likeness (QED) is 0.116. The summed E-state index contributed by atoms with van der Waals surface area (Å²) in [4.78, 5) is 2.46. The normalized spacial score (nSPS) is 23.7. The Labute approximate surface area is 290 Å². The Balaban J connectivity index is 1.20. The maximum absolute atomic E-state index is 6.98. The van der Waals surface area contributed by atoms with Crippen LogP contribution in [0.15, 0.2) is 152 Å². The molecule has 0 aromatic heterocycles. The summed E-state index contributed by atoms with van der Waals surface area (Å²) in [5, 5.41) is 0. The minimum atomic E-state index is -0.343. The van der Waals surface area contributed by atoms with Crippen molar-refractivity contribution in [2.24, 2.45) is 0 Å². The monoisotopic (exact) mass is 655 g/mol. The van der Waals surface area contributed by atoms with Crippen LogP contribution < -0.4 is 0 Å². The summed E-state index contributed by atoms with van der Waals surface area (Å²) in [6, 6.07) is 51.6. The predicted molar refractivity (Wildman–Crippen MR) is 190 cm³/mol. The molecular formula is C43H45NO5. The van der Waals surface area contributed by atoms with Crippen molar-refractivity contribution < 1.29 is 23.7 Å². The number of ether oxygens (including phenoxy) is 5. The lowest BCUT2D eigenvalue weighted by atomic mass is 9.91. The number of piperidine rings is 1. The summed E-state index contributed by atoms with van der Waals surface area (Å²) in [5.41, 5.74) is 5.61. The van der Waals surface area contributed by atoms with E-state index in [1.807, 2.05) is 42.5 Å². The van der Waals surface area contributed by atoms with Crippen LogP contribution >= 0.6 is 0 Å². The van der Waals surface area contributed by atoms with Crippen LogP contribution in [0.25, 0.3) is 0 Å². The molecule has 6 atom stereocenters. The van der Waals surface area contributed by atoms with Gasteiger partial charge >= 0.3 is 0 Å². The van der Waals surface area contributed by atoms with Gasteiger partial charge in [0.25, 0.3) is 0 Å². The number of nitrogens with zero attached hydrogens (tertiary/aromatic N) is 1. The number of fused-ring (bicyclic) bond motifs is 1. The topological polar surface area (TPSA) is 49.4 Å². The summed E-state index contributed by atoms with van der Waals surface area (Å²) in [6.07, 6.45) is -1.33. The first-order valence-corrected chi connectivity index (χ1v) is 17.3. The molecular weight excluding hydrogens is 610 g/mol. The largest absolute Gasteiger partial charge is 0.369 e. The Bertz CT molecular complexity index is 1660. The molecule has 6 heteroatoms. The molecule has 252 valence electrons. The molecule has 6 nitrogen and oxygen atoms in total. The summed E-state index contributed by atoms with van der Waals surface area (Å²) >= 11 is 0. The minimum Gasteiger partial charge on any atom is -0.369 e. The average Bonchev–Trinajstić information content (AvgIpc) is 3.52. The Morgan fingerprint density at radius 2 is 0.633 bits per heavy atom. The van der Waals surface area contributed by atoms with Crippen molar-refractivity contribution >= 4 is 0 Å². The van der Waals surface area contributed by atoms with Gasteiger partial charge < -0.3 is 23.7 Å². The summed E-state index contributed by atoms with van der Waals surface area (Å²) < 4.78 is 34.2. The second kappa shape index (κ2) is 17.0. The Kier molecular flexibility index (Phi) is 11.6. The Morgan fingerprint density at radius 3 is 1.00 bits per heavy atom. The molecule has 0 bridgehead atoms. The molecule has 0 amide bonds. The molecule has 0 unspecified atom stereocenters. The number of rotatable bonds is 15. The average molecular weight is 656 g/mol. The van der Waals surface area contributed by atoms with Crippen LogP contribution in [0.5, 0.6) is 0 Å². The van der Waals surface area contributed by atoms with E-state index in [2.05, 4.69) is 114 Å². The highest BCUT2D eigenvalue weighted by atomic mass is 16.6. The first kappa shape index (κ1) is 33.4. The van der Waals surface area contributed by atoms with Gasteiger partial charge in [-0.05, 0) is 27.8 Å². The maximum Gasteiger partial charge on any atom is 0.113 e. The lowest BCUT2D eigenvalue weighted by molar-refractivity contribution is -0.210. The van der Waals surface area contributed by atoms with Gasteiger partial charge in [0.05, 0.1) is 51.3 Å². The van der Waals surface area contributed by atoms with Crippen molar-refractivity contribution in [3.05, 3.63) is 179 Å². The standard InChI is InChI=1S/C43H45NO5/c1-6-16-33(17-7-1)28-45-38-26-44-27-39(46-29-34-18-8-2-9-19-34)42(48-31-36-22-12-4-13-23-36)43(49-32-37-24-14-5-15-25-37)40(44)41(38)47-30-35-20-10-3-11-21-35/h1-25,38-43H,26-32H2/t38-,39+,40-,41-,42-,43-/m1/s1. The first-order valence-electron chi connectivity index (χ1n) is 17.3. The summed E-state index contributed by atoms with van der Waals surface area (Å²) in [6.45, 7) is 3.77. The van der Waals surface area contributed by atoms with Crippen LogP contribution in [0.1, 0.15) is 27.8 Å². The fraction of sp³-hybridized carbons (Fsp3) is 0.302. The van der Waals surface area contributed by atoms with Crippen molar-refractivity contribution in [2.45, 2.75) is 69.6 Å². The molecule has 2 fully saturated rings. The van der Waals surface area contributed by atoms with E-state index < -0.39 is 0 Å². The molecule has 49 heavy (non-hydrogen) atoms. The summed E-state index contributed by atoms with van der Waals surface area (Å²) in [7, 11) is 0. The van der Waals surface area contributed by atoms with E-state index in [1.54, 1.807) is 0 Å². The van der Waals surface area contributed by atoms with Gasteiger partial charge in [0.2, 0.25) is 0 Å². The van der Waals surface area contributed by atoms with E-state index >= 15 is 0 Å². The van der Waals surface area contributed by atoms with Gasteiger partial charge in [0.1, 0.15) is 18.3 Å². The van der Waals surface area contributed by atoms with E-state index in [0.717, 1.165) is 27.8 Å². The van der Waals surface area contributed by atoms with Crippen molar-refractivity contribution in [3.8, 4) is 0 Å². The van der Waals surface area contributed by atoms with Gasteiger partial charge in [-0.25, -0.2) is 0 Å². The van der Waals surface area contributed by atoms with Gasteiger partial charge in [0, 0.05) is 13.1 Å². The zero-order valence-corrected chi connectivity index (χ0v) is 27.8. The van der Waals surface area contributed by atoms with Gasteiger partial charge in [-0.1, -0.05) is 152 Å². The molecule has 0 saturated carbocycles. The molecule has 0 aliphatic carbocycles. The van der Waals surface area contributed by atoms with E-state index in [0.29, 0.717) is 46.1 Å². The van der Waals surface area contributed by atoms with E-state index in [-0.39, 0.29) is 36.6 Å². The second-order valence-electron chi connectivity index (χ2n) is 12.9. The van der Waals surface area contributed by atoms with E-state index in [4.69, 9.17) is 23.7 Å². The van der Waals surface area contributed by atoms with Gasteiger partial charge in [-0.2, -0.15) is 0 Å². The van der Waals surface area contributed by atoms with E-state index in [1.165, 1.54) is 0 Å². The first-order chi connectivity index (χ1) is 24.3. The summed E-state index contributed by atoms with van der Waals surface area (Å²) in [5.74, 6) is 0. The molecule has 5 aromatic rings. The molecule has 2 saturated heterocycles. The maximum atomic E-state index is 6.98. The highest BCUT2D eigenvalue weighted by molar-refractivity contribution is 5.18. The third kappa shape index (κ3) is 8.91. The number of hydrogen-bond acceptors (Lipinski definition) is 6. The molecule has 5 aromatic carbocycles. The van der Waals surface area contributed by atoms with Crippen LogP contribution in [0, 0.1) is 0 Å². The fourth-order valence-corrected chi connectivity index (χ4v) is 6.97. The SMILES string of the molecule is c1ccc(CO[C@H]2[C@H](OCc3ccccc3)[C@@H](OCc3ccccc3)CN3C[C@@H](OCc4ccccc4)[C@@H](OCc4ccccc4)[C@H]23)cc1. The van der Waals surface area contributed by atoms with Crippen LogP contribution in [0.2, 0.25) is 0 Å². The van der Waals surface area contributed by atoms with Gasteiger partial charge in [-0.15, -0.1) is 0 Å². The molecule has 7 rings (SSSR count). The highest BCUT2D eigenvalue weighted by Crippen LogP contribution is 2.37. The van der Waals surface area contributed by atoms with E-state index in [9.17, 15) is 0 Å². The molecule has 0 radical (unpaired) electrons.